The van der Waals surface area contributed by atoms with Crippen molar-refractivity contribution in [3.05, 3.63) is 54.4 Å². The molecule has 0 saturated carbocycles. The van der Waals surface area contributed by atoms with Crippen LogP contribution in [0.5, 0.6) is 5.75 Å². The third kappa shape index (κ3) is 3.84. The first-order valence-electron chi connectivity index (χ1n) is 9.59. The van der Waals surface area contributed by atoms with Crippen molar-refractivity contribution < 1.29 is 4.74 Å². The molecule has 0 aliphatic carbocycles. The highest BCUT2D eigenvalue weighted by atomic mass is 16.5. The minimum atomic E-state index is 0.385. The summed E-state index contributed by atoms with van der Waals surface area (Å²) in [7, 11) is 4.25. The van der Waals surface area contributed by atoms with Gasteiger partial charge in [-0.3, -0.25) is 4.98 Å². The number of hydrogen-bond acceptors (Lipinski definition) is 6. The number of nitrogens with two attached hydrogens (primary N) is 1. The molecule has 0 radical (unpaired) electrons. The fourth-order valence-electron chi connectivity index (χ4n) is 3.69. The summed E-state index contributed by atoms with van der Waals surface area (Å²) in [4.78, 5) is 15.5. The van der Waals surface area contributed by atoms with E-state index < -0.39 is 0 Å². The number of anilines is 1. The van der Waals surface area contributed by atoms with Gasteiger partial charge in [-0.15, -0.1) is 0 Å². The van der Waals surface area contributed by atoms with Gasteiger partial charge in [0.25, 0.3) is 0 Å². The number of piperidine rings is 1. The molecule has 4 heterocycles. The summed E-state index contributed by atoms with van der Waals surface area (Å²) in [6, 6.07) is 5.78. The molecule has 1 aliphatic rings. The summed E-state index contributed by atoms with van der Waals surface area (Å²) >= 11 is 0. The second-order valence-corrected chi connectivity index (χ2v) is 7.39. The van der Waals surface area contributed by atoms with Crippen LogP contribution in [0.15, 0.2) is 43.0 Å². The molecule has 2 N–H and O–H groups in total. The van der Waals surface area contributed by atoms with E-state index in [-0.39, 0.29) is 0 Å². The summed E-state index contributed by atoms with van der Waals surface area (Å²) in [5.41, 5.74) is 9.04. The van der Waals surface area contributed by atoms with Crippen LogP contribution in [0.2, 0.25) is 0 Å². The van der Waals surface area contributed by atoms with Gasteiger partial charge in [0.1, 0.15) is 12.4 Å². The van der Waals surface area contributed by atoms with Crippen LogP contribution in [0.3, 0.4) is 0 Å². The van der Waals surface area contributed by atoms with Crippen LogP contribution in [0.25, 0.3) is 11.3 Å². The number of rotatable bonds is 5. The van der Waals surface area contributed by atoms with Gasteiger partial charge >= 0.3 is 0 Å². The summed E-state index contributed by atoms with van der Waals surface area (Å²) < 4.78 is 8.09. The molecule has 0 bridgehead atoms. The Balaban J connectivity index is 1.54. The predicted molar refractivity (Wildman–Crippen MR) is 109 cm³/mol. The van der Waals surface area contributed by atoms with Crippen molar-refractivity contribution in [3.63, 3.8) is 0 Å². The van der Waals surface area contributed by atoms with E-state index in [1.165, 1.54) is 0 Å². The van der Waals surface area contributed by atoms with Gasteiger partial charge in [0.15, 0.2) is 11.6 Å². The number of hydrogen-bond donors (Lipinski definition) is 1. The normalized spacial score (nSPS) is 15.6. The molecule has 0 unspecified atom stereocenters. The third-order valence-electron chi connectivity index (χ3n) is 5.43. The van der Waals surface area contributed by atoms with Crippen molar-refractivity contribution in [3.8, 4) is 17.0 Å². The van der Waals surface area contributed by atoms with Crippen LogP contribution in [-0.4, -0.2) is 44.6 Å². The Morgan fingerprint density at radius 1 is 1.11 bits per heavy atom. The maximum absolute atomic E-state index is 6.03. The lowest BCUT2D eigenvalue weighted by Crippen LogP contribution is -2.30. The summed E-state index contributed by atoms with van der Waals surface area (Å²) in [6.07, 6.45) is 9.48. The van der Waals surface area contributed by atoms with Crippen LogP contribution in [0, 0.1) is 0 Å². The molecule has 0 amide bonds. The van der Waals surface area contributed by atoms with Crippen LogP contribution in [0.1, 0.15) is 30.1 Å². The zero-order valence-electron chi connectivity index (χ0n) is 16.4. The highest BCUT2D eigenvalue weighted by Crippen LogP contribution is 2.32. The number of pyridine rings is 2. The summed E-state index contributed by atoms with van der Waals surface area (Å²) in [5.74, 6) is 2.60. The molecular weight excluding hydrogens is 352 g/mol. The fraction of sp³-hybridized carbons (Fsp3) is 0.381. The molecule has 1 saturated heterocycles. The van der Waals surface area contributed by atoms with Crippen LogP contribution < -0.4 is 10.5 Å². The van der Waals surface area contributed by atoms with Gasteiger partial charge in [0, 0.05) is 37.1 Å². The molecule has 146 valence electrons. The Morgan fingerprint density at radius 2 is 1.86 bits per heavy atom. The summed E-state index contributed by atoms with van der Waals surface area (Å²) in [6.45, 7) is 2.65. The first-order valence-corrected chi connectivity index (χ1v) is 9.59. The Bertz CT molecular complexity index is 931. The predicted octanol–water partition coefficient (Wildman–Crippen LogP) is 2.85. The van der Waals surface area contributed by atoms with Gasteiger partial charge in [0.05, 0.1) is 11.9 Å². The molecule has 3 aromatic heterocycles. The number of nitrogen functional groups attached to an aromatic ring is 1. The average Bonchev–Trinajstić information content (AvgIpc) is 3.10. The van der Waals surface area contributed by atoms with Crippen LogP contribution in [-0.2, 0) is 13.7 Å². The third-order valence-corrected chi connectivity index (χ3v) is 5.43. The number of imidazole rings is 1. The quantitative estimate of drug-likeness (QED) is 0.735. The number of likely N-dealkylation sites (tertiary alicyclic amines) is 1. The van der Waals surface area contributed by atoms with E-state index in [0.717, 1.165) is 48.6 Å². The molecule has 1 aliphatic heterocycles. The second kappa shape index (κ2) is 7.98. The first kappa shape index (κ1) is 18.4. The first-order chi connectivity index (χ1) is 13.6. The monoisotopic (exact) mass is 378 g/mol. The standard InChI is InChI=1S/C21H26N6O/c1-26-9-5-16(6-10-26)21-25-13-18(27(21)2)17-11-19(20(22)24-12-17)28-14-15-3-7-23-8-4-15/h3-4,7-8,11-13,16H,5-6,9-10,14H2,1-2H3,(H2,22,24). The molecule has 28 heavy (non-hydrogen) atoms. The lowest BCUT2D eigenvalue weighted by molar-refractivity contribution is 0.249. The SMILES string of the molecule is CN1CCC(c2ncc(-c3cnc(N)c(OCc4ccncc4)c3)n2C)CC1. The summed E-state index contributed by atoms with van der Waals surface area (Å²) in [5, 5.41) is 0. The van der Waals surface area contributed by atoms with Crippen molar-refractivity contribution in [1.82, 2.24) is 24.4 Å². The molecule has 1 fully saturated rings. The van der Waals surface area contributed by atoms with Crippen molar-refractivity contribution in [2.45, 2.75) is 25.4 Å². The molecule has 3 aromatic rings. The molecular formula is C21H26N6O. The van der Waals surface area contributed by atoms with E-state index in [0.29, 0.717) is 24.1 Å². The van der Waals surface area contributed by atoms with E-state index in [1.54, 1.807) is 18.6 Å². The van der Waals surface area contributed by atoms with Crippen LogP contribution in [0.4, 0.5) is 5.82 Å². The lowest BCUT2D eigenvalue weighted by atomic mass is 9.96. The van der Waals surface area contributed by atoms with E-state index in [2.05, 4.69) is 33.5 Å². The van der Waals surface area contributed by atoms with Crippen molar-refractivity contribution in [2.75, 3.05) is 25.9 Å². The molecule has 4 rings (SSSR count). The Labute approximate surface area is 165 Å². The van der Waals surface area contributed by atoms with Crippen molar-refractivity contribution >= 4 is 5.82 Å². The van der Waals surface area contributed by atoms with E-state index in [1.807, 2.05) is 24.4 Å². The zero-order chi connectivity index (χ0) is 19.5. The Hall–Kier alpha value is -2.93. The molecule has 0 spiro atoms. The highest BCUT2D eigenvalue weighted by molar-refractivity contribution is 5.64. The molecule has 0 aromatic carbocycles. The minimum Gasteiger partial charge on any atom is -0.485 e. The topological polar surface area (TPSA) is 82.1 Å². The Morgan fingerprint density at radius 3 is 2.61 bits per heavy atom. The van der Waals surface area contributed by atoms with Gasteiger partial charge in [-0.05, 0) is 56.7 Å². The van der Waals surface area contributed by atoms with Gasteiger partial charge < -0.3 is 19.9 Å². The average molecular weight is 378 g/mol. The largest absolute Gasteiger partial charge is 0.485 e. The maximum Gasteiger partial charge on any atom is 0.166 e. The zero-order valence-corrected chi connectivity index (χ0v) is 16.4. The fourth-order valence-corrected chi connectivity index (χ4v) is 3.69. The smallest absolute Gasteiger partial charge is 0.166 e. The maximum atomic E-state index is 6.03. The number of ether oxygens (including phenoxy) is 1. The lowest BCUT2D eigenvalue weighted by Gasteiger charge is -2.28. The van der Waals surface area contributed by atoms with E-state index in [4.69, 9.17) is 15.5 Å². The van der Waals surface area contributed by atoms with Crippen LogP contribution >= 0.6 is 0 Å². The molecule has 7 heteroatoms. The minimum absolute atomic E-state index is 0.385. The Kier molecular flexibility index (Phi) is 5.25. The van der Waals surface area contributed by atoms with Crippen molar-refractivity contribution in [1.29, 1.82) is 0 Å². The molecule has 0 atom stereocenters. The van der Waals surface area contributed by atoms with E-state index >= 15 is 0 Å². The van der Waals surface area contributed by atoms with Gasteiger partial charge in [-0.2, -0.15) is 0 Å². The van der Waals surface area contributed by atoms with Gasteiger partial charge in [-0.25, -0.2) is 9.97 Å². The number of nitrogens with zero attached hydrogens (tertiary/aromatic N) is 5. The van der Waals surface area contributed by atoms with Gasteiger partial charge in [0.2, 0.25) is 0 Å². The van der Waals surface area contributed by atoms with E-state index in [9.17, 15) is 0 Å². The molecule has 7 nitrogen and oxygen atoms in total. The van der Waals surface area contributed by atoms with Gasteiger partial charge in [-0.1, -0.05) is 0 Å². The van der Waals surface area contributed by atoms with Crippen molar-refractivity contribution in [2.24, 2.45) is 7.05 Å². The number of aromatic nitrogens is 4. The highest BCUT2D eigenvalue weighted by Gasteiger charge is 2.23. The second-order valence-electron chi connectivity index (χ2n) is 7.39.